The fourth-order valence-corrected chi connectivity index (χ4v) is 5.71. The number of para-hydroxylation sites is 3. The van der Waals surface area contributed by atoms with Crippen molar-refractivity contribution in [2.45, 2.75) is 0 Å². The van der Waals surface area contributed by atoms with Crippen LogP contribution in [0.1, 0.15) is 52.1 Å². The average Bonchev–Trinajstić information content (AvgIpc) is 1.44. The lowest BCUT2D eigenvalue weighted by Gasteiger charge is -2.26. The van der Waals surface area contributed by atoms with E-state index in [-0.39, 0.29) is 4.90 Å². The number of benzene rings is 9. The lowest BCUT2D eigenvalue weighted by atomic mass is 9.91. The maximum absolute atomic E-state index is 10.1. The molecular formula is C54H38N2. The molecule has 2 heteroatoms. The summed E-state index contributed by atoms with van der Waals surface area (Å²) in [4.78, 5) is 0.227. The molecule has 0 radical (unpaired) electrons. The lowest BCUT2D eigenvalue weighted by molar-refractivity contribution is 1.18. The third-order valence-corrected chi connectivity index (χ3v) is 8.06. The van der Waals surface area contributed by atoms with E-state index in [2.05, 4.69) is 0 Å². The minimum Gasteiger partial charge on any atom is -0.311 e. The van der Waals surface area contributed by atoms with Gasteiger partial charge >= 0.3 is 0 Å². The summed E-state index contributed by atoms with van der Waals surface area (Å²) >= 11 is 0. The maximum atomic E-state index is 10.1. The second-order valence-corrected chi connectivity index (χ2v) is 11.3. The van der Waals surface area contributed by atoms with Gasteiger partial charge in [0.05, 0.1) is 63.1 Å². The van der Waals surface area contributed by atoms with Crippen molar-refractivity contribution in [3.8, 4) is 50.2 Å². The number of nitrogens with zero attached hydrogens (tertiary/aromatic N) is 2. The Morgan fingerprint density at radius 2 is 0.750 bits per heavy atom. The van der Waals surface area contributed by atoms with Crippen molar-refractivity contribution in [2.24, 2.45) is 0 Å². The van der Waals surface area contributed by atoms with Crippen LogP contribution >= 0.6 is 0 Å². The minimum absolute atomic E-state index is 0.227. The zero-order valence-corrected chi connectivity index (χ0v) is 27.9. The Morgan fingerprint density at radius 3 is 1.36 bits per heavy atom. The van der Waals surface area contributed by atoms with Crippen molar-refractivity contribution >= 4 is 38.9 Å². The third-order valence-electron chi connectivity index (χ3n) is 8.06. The molecule has 1 aromatic heterocycles. The van der Waals surface area contributed by atoms with E-state index in [0.29, 0.717) is 4.57 Å². The normalized spacial score (nSPS) is 20.7. The molecule has 10 rings (SSSR count). The van der Waals surface area contributed by atoms with Crippen LogP contribution in [-0.4, -0.2) is 4.57 Å². The van der Waals surface area contributed by atoms with Gasteiger partial charge in [-0.1, -0.05) is 151 Å². The summed E-state index contributed by atoms with van der Waals surface area (Å²) in [6, 6.07) is -44.0. The van der Waals surface area contributed by atoms with Gasteiger partial charge < -0.3 is 9.47 Å². The van der Waals surface area contributed by atoms with Gasteiger partial charge in [0.25, 0.3) is 0 Å². The Hall–Kier alpha value is -7.42. The van der Waals surface area contributed by atoms with E-state index in [9.17, 15) is 21.9 Å². The van der Waals surface area contributed by atoms with Crippen molar-refractivity contribution in [1.29, 1.82) is 0 Å². The minimum atomic E-state index is -1.46. The van der Waals surface area contributed by atoms with Crippen LogP contribution in [0.4, 0.5) is 17.1 Å². The standard InChI is InChI=1S/C54H38N2/c1-5-16-39(17-6-1)41-28-32-48(33-29-41)55(46-20-9-3-10-21-46)49-34-30-42(31-35-49)44-36-43(40-18-7-2-8-19-40)37-45(38-44)50-25-15-27-53-54(50)51-24-13-14-26-52(51)56(53)47-22-11-4-12-23-47/h1-38H/i1D,2D,3D,4D,5D,6D,7D,8D,9D,10D,11D,12D,13D,14D,15D,16D,17D,18D,19D,20D,21D,22D,23D,24D,25D,26D,27D,28D,29D,30D,31D,32D,33D,34D,35D,36D,37D,38D. The smallest absolute Gasteiger partial charge is 0.0645 e. The van der Waals surface area contributed by atoms with Gasteiger partial charge in [-0.15, -0.1) is 0 Å². The first-order chi connectivity index (χ1) is 43.6. The van der Waals surface area contributed by atoms with E-state index < -0.39 is 319 Å². The molecule has 0 fully saturated rings. The molecule has 0 amide bonds. The first-order valence-corrected chi connectivity index (χ1v) is 16.1. The molecule has 9 aromatic carbocycles. The predicted octanol–water partition coefficient (Wildman–Crippen LogP) is 14.9. The van der Waals surface area contributed by atoms with Crippen molar-refractivity contribution in [1.82, 2.24) is 4.57 Å². The van der Waals surface area contributed by atoms with Gasteiger partial charge in [0.2, 0.25) is 0 Å². The Labute approximate surface area is 381 Å². The van der Waals surface area contributed by atoms with Gasteiger partial charge in [0, 0.05) is 33.5 Å². The van der Waals surface area contributed by atoms with Gasteiger partial charge in [-0.2, -0.15) is 0 Å². The van der Waals surface area contributed by atoms with Gasteiger partial charge in [-0.25, -0.2) is 0 Å². The van der Waals surface area contributed by atoms with Crippen LogP contribution in [-0.2, 0) is 0 Å². The van der Waals surface area contributed by atoms with Crippen molar-refractivity contribution in [3.63, 3.8) is 0 Å². The number of fused-ring (bicyclic) bond motifs is 3. The van der Waals surface area contributed by atoms with E-state index in [0.717, 1.165) is 0 Å². The Morgan fingerprint density at radius 1 is 0.321 bits per heavy atom. The quantitative estimate of drug-likeness (QED) is 0.150. The lowest BCUT2D eigenvalue weighted by Crippen LogP contribution is -2.09. The summed E-state index contributed by atoms with van der Waals surface area (Å²) in [5.41, 5.74) is -14.8. The summed E-state index contributed by atoms with van der Waals surface area (Å²) in [5.74, 6) is 0. The van der Waals surface area contributed by atoms with Gasteiger partial charge in [-0.3, -0.25) is 0 Å². The summed E-state index contributed by atoms with van der Waals surface area (Å²) in [6.07, 6.45) is 0. The first-order valence-electron chi connectivity index (χ1n) is 35.1. The van der Waals surface area contributed by atoms with Gasteiger partial charge in [0.15, 0.2) is 0 Å². The third kappa shape index (κ3) is 6.14. The molecule has 2 nitrogen and oxygen atoms in total. The van der Waals surface area contributed by atoms with Gasteiger partial charge in [-0.05, 0) is 123 Å². The Kier molecular flexibility index (Phi) is 3.10. The molecule has 0 aliphatic heterocycles. The van der Waals surface area contributed by atoms with Crippen LogP contribution in [0.5, 0.6) is 0 Å². The highest BCUT2D eigenvalue weighted by molar-refractivity contribution is 6.16. The van der Waals surface area contributed by atoms with Crippen LogP contribution in [0.25, 0.3) is 72.0 Å². The molecule has 0 aliphatic carbocycles. The van der Waals surface area contributed by atoms with Crippen molar-refractivity contribution < 1.29 is 52.1 Å². The van der Waals surface area contributed by atoms with E-state index in [4.69, 9.17) is 30.2 Å². The highest BCUT2D eigenvalue weighted by atomic mass is 15.1. The zero-order chi connectivity index (χ0) is 70.3. The highest BCUT2D eigenvalue weighted by Gasteiger charge is 2.18. The monoisotopic (exact) mass is 753 g/mol. The second kappa shape index (κ2) is 14.4. The highest BCUT2D eigenvalue weighted by Crippen LogP contribution is 2.42. The molecule has 0 saturated carbocycles. The summed E-state index contributed by atoms with van der Waals surface area (Å²) < 4.78 is 344. The summed E-state index contributed by atoms with van der Waals surface area (Å²) in [5, 5.41) is -1.60. The predicted molar refractivity (Wildman–Crippen MR) is 237 cm³/mol. The molecule has 0 aliphatic rings. The molecule has 0 saturated heterocycles. The molecule has 0 spiro atoms. The van der Waals surface area contributed by atoms with E-state index in [1.807, 2.05) is 0 Å². The molecule has 0 N–H and O–H groups in total. The topological polar surface area (TPSA) is 8.17 Å². The Balaban J connectivity index is 1.43. The number of hydrogen-bond donors (Lipinski definition) is 0. The van der Waals surface area contributed by atoms with Crippen LogP contribution in [0.15, 0.2) is 230 Å². The van der Waals surface area contributed by atoms with Crippen LogP contribution in [0.3, 0.4) is 0 Å². The molecule has 1 heterocycles. The van der Waals surface area contributed by atoms with E-state index in [1.54, 1.807) is 0 Å². The average molecular weight is 753 g/mol. The second-order valence-electron chi connectivity index (χ2n) is 11.3. The maximum Gasteiger partial charge on any atom is 0.0645 e. The molecule has 264 valence electrons. The fourth-order valence-electron chi connectivity index (χ4n) is 5.71. The summed E-state index contributed by atoms with van der Waals surface area (Å²) in [6.45, 7) is 0. The fraction of sp³-hybridized carbons (Fsp3) is 0. The molecule has 0 bridgehead atoms. The molecule has 56 heavy (non-hydrogen) atoms. The van der Waals surface area contributed by atoms with Gasteiger partial charge in [0.1, 0.15) is 0 Å². The SMILES string of the molecule is [2H]c1c([2H])c([2H])c(-c2c([2H])c([2H])c(N(c3c([2H])c([2H])c([2H])c([2H])c3[2H])c3c([2H])c([2H])c(-c4c([2H])c(-c5c([2H])c([2H])c([2H])c([2H])c5[2H])c([2H])c(-c5c([2H])c([2H])c([2H])c6c5c5c([2H])c([2H])c([2H])c([2H])c5n6-c5c([2H])c([2H])c([2H])c([2H])c5[2H])c4[2H])c([2H])c3[2H])c([2H])c2[2H])c([2H])c1[2H]. The Bertz CT molecular complexity index is 5010. The van der Waals surface area contributed by atoms with E-state index in [1.165, 1.54) is 0 Å². The van der Waals surface area contributed by atoms with Crippen LogP contribution in [0, 0.1) is 0 Å². The molecule has 10 aromatic rings. The largest absolute Gasteiger partial charge is 0.311 e. The zero-order valence-electron chi connectivity index (χ0n) is 65.9. The molecule has 0 unspecified atom stereocenters. The number of rotatable bonds is 8. The summed E-state index contributed by atoms with van der Waals surface area (Å²) in [7, 11) is 0. The molecule has 0 atom stereocenters. The van der Waals surface area contributed by atoms with Crippen LogP contribution in [0.2, 0.25) is 0 Å². The van der Waals surface area contributed by atoms with Crippen molar-refractivity contribution in [3.05, 3.63) is 230 Å². The number of anilines is 3. The molecular weight excluding hydrogens is 677 g/mol. The first kappa shape index (κ1) is 12.0. The van der Waals surface area contributed by atoms with E-state index >= 15 is 0 Å². The number of hydrogen-bond acceptors (Lipinski definition) is 1. The van der Waals surface area contributed by atoms with Crippen LogP contribution < -0.4 is 4.90 Å². The van der Waals surface area contributed by atoms with Crippen molar-refractivity contribution in [2.75, 3.05) is 4.90 Å². The number of aromatic nitrogens is 1.